The SMILES string of the molecule is C=C1CCC[C@@H]2CC=C[C@@H](C/C=C\C(=O)O[C@H]([C@@H](O)/C=C/C3CC=CC3)C[C@@H]3O[C@H]3[C@@H](O)C1)O2. The van der Waals surface area contributed by atoms with Gasteiger partial charge < -0.3 is 24.4 Å². The van der Waals surface area contributed by atoms with Crippen molar-refractivity contribution in [1.82, 2.24) is 0 Å². The lowest BCUT2D eigenvalue weighted by atomic mass is 9.97. The molecule has 3 aliphatic heterocycles. The summed E-state index contributed by atoms with van der Waals surface area (Å²) in [6, 6.07) is 0. The van der Waals surface area contributed by atoms with E-state index >= 15 is 0 Å². The molecule has 1 saturated heterocycles. The number of allylic oxidation sites excluding steroid dienone is 3. The average molecular weight is 471 g/mol. The minimum Gasteiger partial charge on any atom is -0.456 e. The van der Waals surface area contributed by atoms with Gasteiger partial charge in [-0.2, -0.15) is 0 Å². The van der Waals surface area contributed by atoms with Gasteiger partial charge in [0.2, 0.25) is 0 Å². The summed E-state index contributed by atoms with van der Waals surface area (Å²) >= 11 is 0. The van der Waals surface area contributed by atoms with Crippen LogP contribution in [0.2, 0.25) is 0 Å². The van der Waals surface area contributed by atoms with E-state index in [2.05, 4.69) is 24.8 Å². The molecule has 6 nitrogen and oxygen atoms in total. The summed E-state index contributed by atoms with van der Waals surface area (Å²) in [5, 5.41) is 21.4. The summed E-state index contributed by atoms with van der Waals surface area (Å²) in [6.07, 6.45) is 19.5. The van der Waals surface area contributed by atoms with Crippen LogP contribution in [0.4, 0.5) is 0 Å². The van der Waals surface area contributed by atoms with Gasteiger partial charge >= 0.3 is 5.97 Å². The van der Waals surface area contributed by atoms with Crippen molar-refractivity contribution >= 4 is 5.97 Å². The van der Waals surface area contributed by atoms with Gasteiger partial charge in [-0.3, -0.25) is 0 Å². The number of fused-ring (bicyclic) bond motifs is 3. The largest absolute Gasteiger partial charge is 0.456 e. The normalized spacial score (nSPS) is 37.6. The Morgan fingerprint density at radius 3 is 2.74 bits per heavy atom. The quantitative estimate of drug-likeness (QED) is 0.367. The van der Waals surface area contributed by atoms with E-state index in [0.717, 1.165) is 44.1 Å². The van der Waals surface area contributed by atoms with Gasteiger partial charge in [0.05, 0.1) is 24.4 Å². The molecule has 1 aliphatic carbocycles. The molecule has 2 N–H and O–H groups in total. The van der Waals surface area contributed by atoms with Crippen LogP contribution < -0.4 is 0 Å². The lowest BCUT2D eigenvalue weighted by Crippen LogP contribution is -2.32. The summed E-state index contributed by atoms with van der Waals surface area (Å²) in [6.45, 7) is 4.14. The van der Waals surface area contributed by atoms with E-state index in [1.165, 1.54) is 6.08 Å². The van der Waals surface area contributed by atoms with Crippen LogP contribution in [0.1, 0.15) is 57.8 Å². The molecule has 0 spiro atoms. The van der Waals surface area contributed by atoms with Crippen LogP contribution in [0.5, 0.6) is 0 Å². The predicted molar refractivity (Wildman–Crippen MR) is 130 cm³/mol. The molecular formula is C28H38O6. The molecule has 1 fully saturated rings. The van der Waals surface area contributed by atoms with Gasteiger partial charge in [-0.05, 0) is 57.3 Å². The smallest absolute Gasteiger partial charge is 0.330 e. The van der Waals surface area contributed by atoms with Gasteiger partial charge in [0.1, 0.15) is 18.3 Å². The number of carbonyl (C=O) groups excluding carboxylic acids is 1. The molecule has 0 aromatic heterocycles. The van der Waals surface area contributed by atoms with Crippen molar-refractivity contribution in [2.45, 2.75) is 101 Å². The summed E-state index contributed by atoms with van der Waals surface area (Å²) in [5.41, 5.74) is 1.00. The number of ether oxygens (including phenoxy) is 3. The Balaban J connectivity index is 1.42. The molecule has 7 atom stereocenters. The van der Waals surface area contributed by atoms with Gasteiger partial charge in [-0.25, -0.2) is 4.79 Å². The van der Waals surface area contributed by atoms with Crippen molar-refractivity contribution in [3.8, 4) is 0 Å². The van der Waals surface area contributed by atoms with Crippen molar-refractivity contribution in [2.75, 3.05) is 0 Å². The van der Waals surface area contributed by atoms with Crippen molar-refractivity contribution in [3.05, 3.63) is 60.8 Å². The van der Waals surface area contributed by atoms with E-state index in [9.17, 15) is 15.0 Å². The maximum Gasteiger partial charge on any atom is 0.330 e. The molecule has 3 heterocycles. The molecule has 0 aromatic rings. The van der Waals surface area contributed by atoms with Crippen LogP contribution in [0.3, 0.4) is 0 Å². The van der Waals surface area contributed by atoms with Crippen LogP contribution in [-0.2, 0) is 19.0 Å². The van der Waals surface area contributed by atoms with Gasteiger partial charge in [-0.1, -0.05) is 54.7 Å². The van der Waals surface area contributed by atoms with Crippen LogP contribution in [0.25, 0.3) is 0 Å². The lowest BCUT2D eigenvalue weighted by Gasteiger charge is -2.25. The van der Waals surface area contributed by atoms with Crippen molar-refractivity contribution in [3.63, 3.8) is 0 Å². The van der Waals surface area contributed by atoms with E-state index in [0.29, 0.717) is 25.2 Å². The summed E-state index contributed by atoms with van der Waals surface area (Å²) in [5.74, 6) is -0.127. The summed E-state index contributed by atoms with van der Waals surface area (Å²) in [4.78, 5) is 12.5. The Labute approximate surface area is 202 Å². The maximum atomic E-state index is 12.5. The van der Waals surface area contributed by atoms with Crippen LogP contribution in [0.15, 0.2) is 60.8 Å². The minimum atomic E-state index is -0.939. The Hall–Kier alpha value is -1.99. The molecule has 4 rings (SSSR count). The first-order valence-corrected chi connectivity index (χ1v) is 12.7. The van der Waals surface area contributed by atoms with E-state index in [4.69, 9.17) is 14.2 Å². The van der Waals surface area contributed by atoms with E-state index < -0.39 is 24.3 Å². The van der Waals surface area contributed by atoms with Crippen molar-refractivity contribution in [2.24, 2.45) is 5.92 Å². The molecule has 2 bridgehead atoms. The molecule has 34 heavy (non-hydrogen) atoms. The van der Waals surface area contributed by atoms with E-state index in [1.54, 1.807) is 12.2 Å². The van der Waals surface area contributed by atoms with Crippen LogP contribution in [0, 0.1) is 5.92 Å². The Morgan fingerprint density at radius 2 is 1.91 bits per heavy atom. The van der Waals surface area contributed by atoms with Gasteiger partial charge in [0.25, 0.3) is 0 Å². The highest BCUT2D eigenvalue weighted by Crippen LogP contribution is 2.34. The zero-order valence-corrected chi connectivity index (χ0v) is 19.8. The molecule has 6 heteroatoms. The first kappa shape index (κ1) is 25.1. The zero-order chi connectivity index (χ0) is 23.9. The van der Waals surface area contributed by atoms with Crippen molar-refractivity contribution < 1.29 is 29.2 Å². The standard InChI is InChI=1S/C28H38O6/c1-19-7-4-10-21-11-5-12-22(32-21)13-6-14-27(31)33-25(18-26-28(34-26)24(30)17-19)23(29)16-15-20-8-2-3-9-20/h2-3,5-6,12,14-16,20-26,28-30H,1,4,7-11,13,17-18H2/b14-6-,16-15+/t21-,22+,23+,24+,25+,26+,28+/m1/s1. The summed E-state index contributed by atoms with van der Waals surface area (Å²) < 4.78 is 17.5. The van der Waals surface area contributed by atoms with Gasteiger partial charge in [0.15, 0.2) is 0 Å². The third-order valence-corrected chi connectivity index (χ3v) is 7.03. The number of cyclic esters (lactones) is 1. The highest BCUT2D eigenvalue weighted by atomic mass is 16.6. The van der Waals surface area contributed by atoms with E-state index in [1.807, 2.05) is 12.2 Å². The fraction of sp³-hybridized carbons (Fsp3) is 0.607. The fourth-order valence-electron chi connectivity index (χ4n) is 4.99. The van der Waals surface area contributed by atoms with Crippen LogP contribution in [-0.4, -0.2) is 58.9 Å². The Morgan fingerprint density at radius 1 is 1.09 bits per heavy atom. The number of aliphatic hydroxyl groups excluding tert-OH is 2. The monoisotopic (exact) mass is 470 g/mol. The third-order valence-electron chi connectivity index (χ3n) is 7.03. The number of hydrogen-bond acceptors (Lipinski definition) is 6. The number of esters is 1. The van der Waals surface area contributed by atoms with Crippen molar-refractivity contribution in [1.29, 1.82) is 0 Å². The number of hydrogen-bond donors (Lipinski definition) is 2. The minimum absolute atomic E-state index is 0.0586. The fourth-order valence-corrected chi connectivity index (χ4v) is 4.99. The highest BCUT2D eigenvalue weighted by molar-refractivity contribution is 5.82. The van der Waals surface area contributed by atoms with Crippen LogP contribution >= 0.6 is 0 Å². The average Bonchev–Trinajstić information content (AvgIpc) is 3.38. The molecular weight excluding hydrogens is 432 g/mol. The lowest BCUT2D eigenvalue weighted by molar-refractivity contribution is -0.148. The second-order valence-corrected chi connectivity index (χ2v) is 9.94. The second kappa shape index (κ2) is 12.1. The Bertz CT molecular complexity index is 819. The molecule has 0 radical (unpaired) electrons. The molecule has 4 aliphatic rings. The molecule has 0 amide bonds. The Kier molecular flexibility index (Phi) is 8.95. The topological polar surface area (TPSA) is 88.5 Å². The molecule has 0 unspecified atom stereocenters. The molecule has 0 aromatic carbocycles. The van der Waals surface area contributed by atoms with E-state index in [-0.39, 0.29) is 24.4 Å². The summed E-state index contributed by atoms with van der Waals surface area (Å²) in [7, 11) is 0. The predicted octanol–water partition coefficient (Wildman–Crippen LogP) is 4.09. The molecule has 186 valence electrons. The number of rotatable bonds is 3. The number of aliphatic hydroxyl groups is 2. The molecule has 0 saturated carbocycles. The number of carbonyl (C=O) groups is 1. The zero-order valence-electron chi connectivity index (χ0n) is 19.8. The van der Waals surface area contributed by atoms with Gasteiger partial charge in [-0.15, -0.1) is 0 Å². The second-order valence-electron chi connectivity index (χ2n) is 9.94. The van der Waals surface area contributed by atoms with Gasteiger partial charge in [0, 0.05) is 12.5 Å². The first-order chi connectivity index (χ1) is 16.5. The third kappa shape index (κ3) is 7.51. The highest BCUT2D eigenvalue weighted by Gasteiger charge is 2.46. The number of epoxide rings is 1. The maximum absolute atomic E-state index is 12.5. The first-order valence-electron chi connectivity index (χ1n) is 12.7.